The predicted molar refractivity (Wildman–Crippen MR) is 83.2 cm³/mol. The average molecular weight is 353 g/mol. The Balaban J connectivity index is 1.87. The van der Waals surface area contributed by atoms with Crippen LogP contribution in [0.1, 0.15) is 13.3 Å². The maximum absolute atomic E-state index is 6.18. The van der Waals surface area contributed by atoms with Crippen LogP contribution in [0.4, 0.5) is 0 Å². The predicted octanol–water partition coefficient (Wildman–Crippen LogP) is 4.03. The highest BCUT2D eigenvalue weighted by atomic mass is 127. The quantitative estimate of drug-likeness (QED) is 0.597. The van der Waals surface area contributed by atoms with Crippen LogP contribution >= 0.6 is 22.9 Å². The molecule has 18 heavy (non-hydrogen) atoms. The van der Waals surface area contributed by atoms with Gasteiger partial charge in [-0.2, -0.15) is 0 Å². The van der Waals surface area contributed by atoms with Crippen LogP contribution in [-0.2, 0) is 0 Å². The molecular weight excluding hydrogens is 337 g/mol. The molecule has 0 aromatic heterocycles. The van der Waals surface area contributed by atoms with Gasteiger partial charge in [0.15, 0.2) is 0 Å². The van der Waals surface area contributed by atoms with E-state index in [2.05, 4.69) is 75.4 Å². The number of hydrogen-bond donors (Lipinski definition) is 0. The van der Waals surface area contributed by atoms with Crippen molar-refractivity contribution in [3.05, 3.63) is 42.5 Å². The van der Waals surface area contributed by atoms with Gasteiger partial charge < -0.3 is 4.74 Å². The minimum absolute atomic E-state index is 0.308. The fourth-order valence-corrected chi connectivity index (χ4v) is 3.17. The summed E-state index contributed by atoms with van der Waals surface area (Å²) in [6, 6.07) is 15.3. The Bertz CT molecular complexity index is 542. The van der Waals surface area contributed by atoms with Gasteiger partial charge >= 0.3 is 0 Å². The average Bonchev–Trinajstić information content (AvgIpc) is 2.69. The lowest BCUT2D eigenvalue weighted by Crippen LogP contribution is -2.19. The maximum atomic E-state index is 6.18. The van der Waals surface area contributed by atoms with Crippen LogP contribution in [-0.4, -0.2) is 21.8 Å². The molecule has 1 fully saturated rings. The van der Waals surface area contributed by atoms with E-state index in [0.717, 1.165) is 18.7 Å². The van der Waals surface area contributed by atoms with Gasteiger partial charge in [-0.1, -0.05) is 36.4 Å². The van der Waals surface area contributed by atoms with Crippen molar-refractivity contribution in [2.75, 3.05) is 6.54 Å². The minimum Gasteiger partial charge on any atom is -0.488 e. The summed E-state index contributed by atoms with van der Waals surface area (Å²) in [5, 5.41) is 2.45. The Kier molecular flexibility index (Phi) is 3.43. The molecule has 0 amide bonds. The van der Waals surface area contributed by atoms with E-state index in [4.69, 9.17) is 4.74 Å². The van der Waals surface area contributed by atoms with Gasteiger partial charge in [-0.05, 0) is 18.4 Å². The number of ether oxygens (including phenoxy) is 1. The van der Waals surface area contributed by atoms with Crippen molar-refractivity contribution in [2.45, 2.75) is 25.5 Å². The molecule has 2 unspecified atom stereocenters. The van der Waals surface area contributed by atoms with E-state index >= 15 is 0 Å². The van der Waals surface area contributed by atoms with E-state index in [1.807, 2.05) is 0 Å². The van der Waals surface area contributed by atoms with Crippen LogP contribution in [0.3, 0.4) is 0 Å². The summed E-state index contributed by atoms with van der Waals surface area (Å²) in [6.07, 6.45) is 1.41. The summed E-state index contributed by atoms with van der Waals surface area (Å²) >= 11 is 2.39. The molecule has 2 atom stereocenters. The number of fused-ring (bicyclic) bond motifs is 1. The first-order chi connectivity index (χ1) is 8.74. The molecule has 0 bridgehead atoms. The Morgan fingerprint density at radius 1 is 1.17 bits per heavy atom. The van der Waals surface area contributed by atoms with Gasteiger partial charge in [-0.3, -0.25) is 0 Å². The minimum atomic E-state index is 0.308. The monoisotopic (exact) mass is 353 g/mol. The van der Waals surface area contributed by atoms with Crippen molar-refractivity contribution in [1.82, 2.24) is 3.11 Å². The summed E-state index contributed by atoms with van der Waals surface area (Å²) < 4.78 is 8.51. The van der Waals surface area contributed by atoms with Crippen LogP contribution in [0.25, 0.3) is 10.8 Å². The number of nitrogens with zero attached hydrogens (tertiary/aromatic N) is 1. The van der Waals surface area contributed by atoms with Crippen molar-refractivity contribution in [3.8, 4) is 5.75 Å². The van der Waals surface area contributed by atoms with Gasteiger partial charge in [0.1, 0.15) is 11.9 Å². The third kappa shape index (κ3) is 2.34. The van der Waals surface area contributed by atoms with E-state index in [0.29, 0.717) is 12.1 Å². The Labute approximate surface area is 121 Å². The second-order valence-electron chi connectivity index (χ2n) is 4.88. The lowest BCUT2D eigenvalue weighted by Gasteiger charge is -2.15. The van der Waals surface area contributed by atoms with Crippen LogP contribution in [0.5, 0.6) is 5.75 Å². The topological polar surface area (TPSA) is 12.5 Å². The van der Waals surface area contributed by atoms with E-state index in [-0.39, 0.29) is 0 Å². The van der Waals surface area contributed by atoms with Gasteiger partial charge in [-0.15, -0.1) is 0 Å². The van der Waals surface area contributed by atoms with Crippen molar-refractivity contribution in [1.29, 1.82) is 0 Å². The summed E-state index contributed by atoms with van der Waals surface area (Å²) in [5.74, 6) is 1.01. The van der Waals surface area contributed by atoms with Crippen molar-refractivity contribution in [2.24, 2.45) is 0 Å². The molecule has 94 valence electrons. The van der Waals surface area contributed by atoms with Crippen molar-refractivity contribution in [3.63, 3.8) is 0 Å². The first kappa shape index (κ1) is 12.2. The van der Waals surface area contributed by atoms with E-state index in [9.17, 15) is 0 Å². The second kappa shape index (κ2) is 5.05. The molecule has 1 aliphatic heterocycles. The zero-order valence-electron chi connectivity index (χ0n) is 10.3. The summed E-state index contributed by atoms with van der Waals surface area (Å²) in [5.41, 5.74) is 0. The molecular formula is C15H16INO. The molecule has 1 saturated heterocycles. The highest BCUT2D eigenvalue weighted by Crippen LogP contribution is 2.30. The largest absolute Gasteiger partial charge is 0.488 e. The number of rotatable bonds is 2. The molecule has 3 heteroatoms. The molecule has 0 radical (unpaired) electrons. The second-order valence-corrected chi connectivity index (χ2v) is 6.12. The van der Waals surface area contributed by atoms with Gasteiger partial charge in [0, 0.05) is 47.3 Å². The normalized spacial score (nSPS) is 24.6. The fourth-order valence-electron chi connectivity index (χ4n) is 2.51. The molecule has 2 aromatic carbocycles. The van der Waals surface area contributed by atoms with Gasteiger partial charge in [-0.25, -0.2) is 3.11 Å². The molecule has 2 nitrogen and oxygen atoms in total. The van der Waals surface area contributed by atoms with Gasteiger partial charge in [0.25, 0.3) is 0 Å². The molecule has 2 aromatic rings. The molecule has 1 heterocycles. The van der Waals surface area contributed by atoms with Gasteiger partial charge in [0.2, 0.25) is 0 Å². The SMILES string of the molecule is CC1CC(Oc2cccc3ccccc23)CN1I. The van der Waals surface area contributed by atoms with Gasteiger partial charge in [0.05, 0.1) is 0 Å². The van der Waals surface area contributed by atoms with Crippen molar-refractivity contribution >= 4 is 33.6 Å². The first-order valence-electron chi connectivity index (χ1n) is 6.31. The molecule has 0 aliphatic carbocycles. The van der Waals surface area contributed by atoms with E-state index in [1.54, 1.807) is 0 Å². The summed E-state index contributed by atoms with van der Waals surface area (Å²) in [4.78, 5) is 0. The van der Waals surface area contributed by atoms with Crippen molar-refractivity contribution < 1.29 is 4.74 Å². The molecule has 3 rings (SSSR count). The molecule has 0 N–H and O–H groups in total. The van der Waals surface area contributed by atoms with E-state index in [1.165, 1.54) is 10.8 Å². The van der Waals surface area contributed by atoms with Crippen LogP contribution in [0.2, 0.25) is 0 Å². The zero-order valence-corrected chi connectivity index (χ0v) is 12.5. The number of hydrogen-bond acceptors (Lipinski definition) is 2. The third-order valence-electron chi connectivity index (χ3n) is 3.50. The third-order valence-corrected chi connectivity index (χ3v) is 4.85. The fraction of sp³-hybridized carbons (Fsp3) is 0.333. The smallest absolute Gasteiger partial charge is 0.127 e. The first-order valence-corrected chi connectivity index (χ1v) is 7.27. The maximum Gasteiger partial charge on any atom is 0.127 e. The Morgan fingerprint density at radius 2 is 1.94 bits per heavy atom. The lowest BCUT2D eigenvalue weighted by atomic mass is 10.1. The lowest BCUT2D eigenvalue weighted by molar-refractivity contribution is 0.220. The molecule has 0 spiro atoms. The zero-order chi connectivity index (χ0) is 12.5. The standard InChI is InChI=1S/C15H16INO/c1-11-9-13(10-17(11)16)18-15-8-4-6-12-5-2-3-7-14(12)15/h2-8,11,13H,9-10H2,1H3. The van der Waals surface area contributed by atoms with Crippen LogP contribution in [0.15, 0.2) is 42.5 Å². The van der Waals surface area contributed by atoms with E-state index < -0.39 is 0 Å². The summed E-state index contributed by atoms with van der Waals surface area (Å²) in [7, 11) is 0. The number of benzene rings is 2. The van der Waals surface area contributed by atoms with Crippen LogP contribution in [0, 0.1) is 0 Å². The number of halogens is 1. The Morgan fingerprint density at radius 3 is 2.72 bits per heavy atom. The highest BCUT2D eigenvalue weighted by Gasteiger charge is 2.29. The molecule has 0 saturated carbocycles. The Hall–Kier alpha value is -0.810. The summed E-state index contributed by atoms with van der Waals surface area (Å²) in [6.45, 7) is 3.25. The highest BCUT2D eigenvalue weighted by molar-refractivity contribution is 14.1. The van der Waals surface area contributed by atoms with Crippen LogP contribution < -0.4 is 4.74 Å². The molecule has 1 aliphatic rings.